The molecule has 0 saturated heterocycles. The maximum Gasteiger partial charge on any atom is 0.328 e. The molecule has 9 aromatic carbocycles. The topological polar surface area (TPSA) is 175 Å². The van der Waals surface area contributed by atoms with Crippen LogP contribution in [0.2, 0.25) is 10.0 Å². The van der Waals surface area contributed by atoms with E-state index >= 15 is 4.39 Å². The number of halogens is 3. The van der Waals surface area contributed by atoms with Crippen molar-refractivity contribution in [2.45, 2.75) is 168 Å². The number of fused-ring (bicyclic) bond motifs is 3. The molecule has 590 valence electrons. The number of carboxylic acid groups (broad SMARTS) is 3. The van der Waals surface area contributed by atoms with E-state index in [1.807, 2.05) is 87.2 Å². The first kappa shape index (κ1) is 79.4. The predicted molar refractivity (Wildman–Crippen MR) is 464 cm³/mol. The molecule has 0 amide bonds. The van der Waals surface area contributed by atoms with Gasteiger partial charge in [-0.3, -0.25) is 14.0 Å². The van der Waals surface area contributed by atoms with Gasteiger partial charge in [0.1, 0.15) is 5.82 Å². The summed E-state index contributed by atoms with van der Waals surface area (Å²) in [5.74, 6) is -1.93. The number of carbonyl (C=O) groups is 3. The number of aryl methyl sites for hydroxylation is 4. The molecule has 3 aliphatic heterocycles. The van der Waals surface area contributed by atoms with Gasteiger partial charge in [-0.05, 0) is 260 Å². The minimum absolute atomic E-state index is 0.0297. The van der Waals surface area contributed by atoms with E-state index in [0.717, 1.165) is 158 Å². The van der Waals surface area contributed by atoms with Gasteiger partial charge in [-0.15, -0.1) is 0 Å². The highest BCUT2D eigenvalue weighted by atomic mass is 35.5. The number of nitrogens with zero attached hydrogens (tertiary/aromatic N) is 9. The van der Waals surface area contributed by atoms with Gasteiger partial charge < -0.3 is 30.0 Å². The third kappa shape index (κ3) is 17.5. The fourth-order valence-corrected chi connectivity index (χ4v) is 17.6. The zero-order chi connectivity index (χ0) is 81.0. The number of hydrogen-bond acceptors (Lipinski definition) is 9. The first-order valence-electron chi connectivity index (χ1n) is 40.4. The Hall–Kier alpha value is -11.9. The van der Waals surface area contributed by atoms with Crippen LogP contribution >= 0.6 is 23.2 Å². The Morgan fingerprint density at radius 2 is 0.716 bits per heavy atom. The molecule has 18 heteroatoms. The molecule has 2 saturated carbocycles. The zero-order valence-corrected chi connectivity index (χ0v) is 67.9. The highest BCUT2D eigenvalue weighted by molar-refractivity contribution is 6.33. The summed E-state index contributed by atoms with van der Waals surface area (Å²) in [7, 11) is 0. The van der Waals surface area contributed by atoms with E-state index in [0.29, 0.717) is 17.5 Å². The Balaban J connectivity index is 0.000000137. The van der Waals surface area contributed by atoms with Gasteiger partial charge in [-0.25, -0.2) is 18.8 Å². The van der Waals surface area contributed by atoms with Crippen molar-refractivity contribution in [3.8, 4) is 33.4 Å². The van der Waals surface area contributed by atoms with Crippen LogP contribution in [0.15, 0.2) is 237 Å². The van der Waals surface area contributed by atoms with E-state index in [4.69, 9.17) is 38.5 Å². The van der Waals surface area contributed by atoms with Gasteiger partial charge in [0.05, 0.1) is 63.8 Å². The Morgan fingerprint density at radius 3 is 1.02 bits per heavy atom. The molecule has 12 aromatic rings. The lowest BCUT2D eigenvalue weighted by Gasteiger charge is -2.44. The molecule has 2 aliphatic carbocycles. The maximum atomic E-state index is 15.7. The van der Waals surface area contributed by atoms with Crippen LogP contribution in [0.1, 0.15) is 188 Å². The molecule has 116 heavy (non-hydrogen) atoms. The third-order valence-corrected chi connectivity index (χ3v) is 23.9. The fourth-order valence-electron chi connectivity index (χ4n) is 17.0. The third-order valence-electron chi connectivity index (χ3n) is 23.3. The monoisotopic (exact) mass is 1580 g/mol. The first-order valence-corrected chi connectivity index (χ1v) is 41.2. The summed E-state index contributed by atoms with van der Waals surface area (Å²) in [5.41, 5.74) is 26.5. The van der Waals surface area contributed by atoms with Crippen molar-refractivity contribution in [2.75, 3.05) is 14.7 Å². The van der Waals surface area contributed by atoms with Crippen LogP contribution in [-0.2, 0) is 59.7 Å². The Kier molecular flexibility index (Phi) is 23.7. The van der Waals surface area contributed by atoms with Gasteiger partial charge in [0.15, 0.2) is 0 Å². The number of rotatable bonds is 21. The summed E-state index contributed by atoms with van der Waals surface area (Å²) >= 11 is 13.9. The van der Waals surface area contributed by atoms with E-state index in [1.54, 1.807) is 24.3 Å². The number of carboxylic acids is 3. The van der Waals surface area contributed by atoms with Crippen molar-refractivity contribution < 1.29 is 34.1 Å². The molecule has 3 aromatic heterocycles. The lowest BCUT2D eigenvalue weighted by Crippen LogP contribution is -2.43. The molecule has 6 heterocycles. The summed E-state index contributed by atoms with van der Waals surface area (Å²) in [5, 5.41) is 42.0. The standard InChI is InChI=1S/C33H32ClN3O2.C33H32FN3O2.C32H32ClN3O2/c2*1-3-36-20-28(19-35-36)25-11-13-29-27(17-25)16-21(2)37(31-14-12-26(18-30(31)34)23-9-10-23)33(29)24-7-4-22(5-8-24)6-15-32(38)39;1-4-22-8-14-30(29(33)17-22)36-21(3)16-26-18-25(27-19-34-35(5-2)20-27)12-13-28(26)32(36)24-10-6-23(7-11-24)9-15-31(37)38/h2*4-8,11-15,17-21,23,33H,3,9-10,16H2,1-2H3,(H,38,39);6-15,17-21,32H,4-5,16H2,1-3H3,(H,37,38)/b2*15-6+;15-9+. The van der Waals surface area contributed by atoms with E-state index in [1.165, 1.54) is 69.0 Å². The van der Waals surface area contributed by atoms with Crippen LogP contribution in [-0.4, -0.2) is 80.7 Å². The predicted octanol–water partition coefficient (Wildman–Crippen LogP) is 22.4. The molecule has 6 atom stereocenters. The Labute approximate surface area is 687 Å². The number of aromatic nitrogens is 6. The summed E-state index contributed by atoms with van der Waals surface area (Å²) in [6.07, 6.45) is 28.6. The zero-order valence-electron chi connectivity index (χ0n) is 66.4. The summed E-state index contributed by atoms with van der Waals surface area (Å²) in [6.45, 7) is 17.6. The molecule has 0 spiro atoms. The van der Waals surface area contributed by atoms with Gasteiger partial charge in [-0.2, -0.15) is 15.3 Å². The largest absolute Gasteiger partial charge is 0.478 e. The summed E-state index contributed by atoms with van der Waals surface area (Å²) in [6, 6.07) is 63.2. The molecular formula is C98H96Cl2FN9O6. The number of anilines is 3. The lowest BCUT2D eigenvalue weighted by atomic mass is 9.83. The Bertz CT molecular complexity index is 5460. The van der Waals surface area contributed by atoms with Crippen LogP contribution in [0.25, 0.3) is 51.6 Å². The van der Waals surface area contributed by atoms with Crippen molar-refractivity contribution >= 4 is 76.4 Å². The molecular weight excluding hydrogens is 1490 g/mol. The van der Waals surface area contributed by atoms with Crippen molar-refractivity contribution in [1.29, 1.82) is 0 Å². The van der Waals surface area contributed by atoms with Crippen molar-refractivity contribution in [3.05, 3.63) is 337 Å². The van der Waals surface area contributed by atoms with Gasteiger partial charge >= 0.3 is 17.9 Å². The quantitative estimate of drug-likeness (QED) is 0.0582. The van der Waals surface area contributed by atoms with E-state index in [-0.39, 0.29) is 42.1 Å². The lowest BCUT2D eigenvalue weighted by molar-refractivity contribution is -0.132. The SMILES string of the molecule is CCc1ccc(N2C(C)Cc3cc(-c4cnn(CC)c4)ccc3C2c2ccc(/C=C/C(=O)O)cc2)c(Cl)c1.CCn1cc(-c2ccc3c(c2)CC(C)N(c2ccc(C4CC4)cc2Cl)C3c2ccc(/C=C/C(=O)O)cc2)cn1.CCn1cc(-c2ccc3c(c2)CC(C)N(c2ccc(C4CC4)cc2F)C3c2ccc(/C=C/C(=O)O)cc2)cn1. The van der Waals surface area contributed by atoms with Gasteiger partial charge in [0.2, 0.25) is 0 Å². The molecule has 0 bridgehead atoms. The molecule has 17 rings (SSSR count). The normalized spacial score (nSPS) is 18.3. The number of benzene rings is 9. The average Bonchev–Trinajstić information content (AvgIpc) is 1.02. The van der Waals surface area contributed by atoms with Crippen molar-refractivity contribution in [3.63, 3.8) is 0 Å². The van der Waals surface area contributed by atoms with Crippen LogP contribution < -0.4 is 14.7 Å². The van der Waals surface area contributed by atoms with Gasteiger partial charge in [0, 0.05) is 91.3 Å². The minimum Gasteiger partial charge on any atom is -0.478 e. The second kappa shape index (κ2) is 34.7. The molecule has 3 N–H and O–H groups in total. The molecule has 0 radical (unpaired) electrons. The minimum atomic E-state index is -0.981. The Morgan fingerprint density at radius 1 is 0.397 bits per heavy atom. The van der Waals surface area contributed by atoms with Crippen LogP contribution in [0, 0.1) is 5.82 Å². The van der Waals surface area contributed by atoms with Crippen LogP contribution in [0.4, 0.5) is 21.5 Å². The smallest absolute Gasteiger partial charge is 0.328 e. The maximum absolute atomic E-state index is 15.7. The second-order valence-electron chi connectivity index (χ2n) is 31.2. The molecule has 5 aliphatic rings. The highest BCUT2D eigenvalue weighted by Gasteiger charge is 2.39. The number of aliphatic carboxylic acids is 3. The van der Waals surface area contributed by atoms with Gasteiger partial charge in [-0.1, -0.05) is 176 Å². The first-order chi connectivity index (χ1) is 56.2. The average molecular weight is 1590 g/mol. The fraction of sp³-hybridized carbons (Fsp3) is 0.265. The van der Waals surface area contributed by atoms with E-state index < -0.39 is 17.9 Å². The van der Waals surface area contributed by atoms with Crippen LogP contribution in [0.5, 0.6) is 0 Å². The second-order valence-corrected chi connectivity index (χ2v) is 32.0. The van der Waals surface area contributed by atoms with E-state index in [9.17, 15) is 14.4 Å². The van der Waals surface area contributed by atoms with Gasteiger partial charge in [0.25, 0.3) is 0 Å². The summed E-state index contributed by atoms with van der Waals surface area (Å²) < 4.78 is 21.5. The van der Waals surface area contributed by atoms with E-state index in [2.05, 4.69) is 218 Å². The molecule has 2 fully saturated rings. The molecule has 15 nitrogen and oxygen atoms in total. The summed E-state index contributed by atoms with van der Waals surface area (Å²) in [4.78, 5) is 40.1. The van der Waals surface area contributed by atoms with Crippen LogP contribution in [0.3, 0.4) is 0 Å². The highest BCUT2D eigenvalue weighted by Crippen LogP contribution is 2.50. The molecule has 6 unspecified atom stereocenters. The number of hydrogen-bond donors (Lipinski definition) is 3. The van der Waals surface area contributed by atoms with Crippen molar-refractivity contribution in [1.82, 2.24) is 29.3 Å². The van der Waals surface area contributed by atoms with Crippen molar-refractivity contribution in [2.24, 2.45) is 0 Å².